The smallest absolute Gasteiger partial charge is 0.124 e. The van der Waals surface area contributed by atoms with Gasteiger partial charge in [-0.3, -0.25) is 0 Å². The summed E-state index contributed by atoms with van der Waals surface area (Å²) in [6.07, 6.45) is 1.19. The SMILES string of the molecule is CCCSC1COc2ccccc2C1N. The van der Waals surface area contributed by atoms with Gasteiger partial charge in [-0.25, -0.2) is 0 Å². The van der Waals surface area contributed by atoms with Crippen molar-refractivity contribution in [2.45, 2.75) is 24.6 Å². The molecule has 0 fully saturated rings. The average Bonchev–Trinajstić information content (AvgIpc) is 2.29. The molecule has 2 N–H and O–H groups in total. The highest BCUT2D eigenvalue weighted by Gasteiger charge is 2.27. The van der Waals surface area contributed by atoms with E-state index in [1.807, 2.05) is 30.0 Å². The standard InChI is InChI=1S/C12H17NOS/c1-2-7-15-11-8-14-10-6-4-3-5-9(10)12(11)13/h3-6,11-12H,2,7-8,13H2,1H3. The molecule has 2 atom stereocenters. The molecule has 0 aromatic heterocycles. The van der Waals surface area contributed by atoms with Crippen LogP contribution in [0.25, 0.3) is 0 Å². The lowest BCUT2D eigenvalue weighted by Gasteiger charge is -2.30. The number of rotatable bonds is 3. The Morgan fingerprint density at radius 3 is 3.07 bits per heavy atom. The Kier molecular flexibility index (Phi) is 3.54. The number of ether oxygens (including phenoxy) is 1. The number of hydrogen-bond donors (Lipinski definition) is 1. The van der Waals surface area contributed by atoms with E-state index >= 15 is 0 Å². The van der Waals surface area contributed by atoms with Crippen LogP contribution in [0.4, 0.5) is 0 Å². The van der Waals surface area contributed by atoms with Gasteiger partial charge in [-0.1, -0.05) is 25.1 Å². The van der Waals surface area contributed by atoms with Crippen LogP contribution in [-0.2, 0) is 0 Å². The van der Waals surface area contributed by atoms with Crippen molar-refractivity contribution in [2.75, 3.05) is 12.4 Å². The molecule has 1 heterocycles. The van der Waals surface area contributed by atoms with Crippen LogP contribution >= 0.6 is 11.8 Å². The molecule has 15 heavy (non-hydrogen) atoms. The molecule has 1 aromatic rings. The molecule has 1 aliphatic rings. The average molecular weight is 223 g/mol. The van der Waals surface area contributed by atoms with E-state index in [9.17, 15) is 0 Å². The summed E-state index contributed by atoms with van der Waals surface area (Å²) in [6, 6.07) is 8.20. The molecule has 0 saturated carbocycles. The minimum absolute atomic E-state index is 0.117. The fourth-order valence-corrected chi connectivity index (χ4v) is 2.84. The number of benzene rings is 1. The van der Waals surface area contributed by atoms with Crippen molar-refractivity contribution in [3.8, 4) is 5.75 Å². The van der Waals surface area contributed by atoms with E-state index in [4.69, 9.17) is 10.5 Å². The third-order valence-corrected chi connectivity index (χ3v) is 4.12. The van der Waals surface area contributed by atoms with Crippen molar-refractivity contribution in [1.29, 1.82) is 0 Å². The van der Waals surface area contributed by atoms with Gasteiger partial charge in [0.15, 0.2) is 0 Å². The lowest BCUT2D eigenvalue weighted by atomic mass is 10.0. The quantitative estimate of drug-likeness (QED) is 0.855. The third-order valence-electron chi connectivity index (χ3n) is 2.62. The van der Waals surface area contributed by atoms with E-state index in [0.717, 1.165) is 23.7 Å². The fraction of sp³-hybridized carbons (Fsp3) is 0.500. The molecular formula is C12H17NOS. The maximum Gasteiger partial charge on any atom is 0.124 e. The number of nitrogens with two attached hydrogens (primary N) is 1. The van der Waals surface area contributed by atoms with Gasteiger partial charge in [-0.05, 0) is 18.2 Å². The maximum atomic E-state index is 6.23. The Balaban J connectivity index is 2.11. The van der Waals surface area contributed by atoms with E-state index in [-0.39, 0.29) is 6.04 Å². The van der Waals surface area contributed by atoms with Crippen LogP contribution in [0.2, 0.25) is 0 Å². The topological polar surface area (TPSA) is 35.2 Å². The Morgan fingerprint density at radius 2 is 2.27 bits per heavy atom. The van der Waals surface area contributed by atoms with Crippen LogP contribution in [0.5, 0.6) is 5.75 Å². The summed E-state index contributed by atoms with van der Waals surface area (Å²) in [6.45, 7) is 2.93. The van der Waals surface area contributed by atoms with Crippen molar-refractivity contribution >= 4 is 11.8 Å². The number of thioether (sulfide) groups is 1. The maximum absolute atomic E-state index is 6.23. The van der Waals surface area contributed by atoms with Gasteiger partial charge >= 0.3 is 0 Å². The van der Waals surface area contributed by atoms with Crippen molar-refractivity contribution < 1.29 is 4.74 Å². The molecule has 0 amide bonds. The second-order valence-electron chi connectivity index (χ2n) is 3.78. The van der Waals surface area contributed by atoms with E-state index < -0.39 is 0 Å². The zero-order chi connectivity index (χ0) is 10.7. The highest BCUT2D eigenvalue weighted by molar-refractivity contribution is 7.99. The Bertz CT molecular complexity index is 329. The molecule has 0 saturated heterocycles. The van der Waals surface area contributed by atoms with E-state index in [0.29, 0.717) is 5.25 Å². The summed E-state index contributed by atoms with van der Waals surface area (Å²) in [5.41, 5.74) is 7.38. The minimum Gasteiger partial charge on any atom is -0.492 e. The monoisotopic (exact) mass is 223 g/mol. The Morgan fingerprint density at radius 1 is 1.47 bits per heavy atom. The molecule has 2 unspecified atom stereocenters. The van der Waals surface area contributed by atoms with E-state index in [1.165, 1.54) is 6.42 Å². The zero-order valence-corrected chi connectivity index (χ0v) is 9.80. The fourth-order valence-electron chi connectivity index (χ4n) is 1.78. The van der Waals surface area contributed by atoms with Crippen LogP contribution in [-0.4, -0.2) is 17.6 Å². The number of fused-ring (bicyclic) bond motifs is 1. The highest BCUT2D eigenvalue weighted by atomic mass is 32.2. The van der Waals surface area contributed by atoms with Crippen LogP contribution in [0.15, 0.2) is 24.3 Å². The first kappa shape index (κ1) is 10.8. The summed E-state index contributed by atoms with van der Waals surface area (Å²) >= 11 is 1.92. The van der Waals surface area contributed by atoms with Crippen LogP contribution < -0.4 is 10.5 Å². The van der Waals surface area contributed by atoms with Crippen molar-refractivity contribution in [3.63, 3.8) is 0 Å². The van der Waals surface area contributed by atoms with Crippen LogP contribution in [0.3, 0.4) is 0 Å². The minimum atomic E-state index is 0.117. The molecule has 0 radical (unpaired) electrons. The molecule has 1 aliphatic heterocycles. The van der Waals surface area contributed by atoms with Gasteiger partial charge in [0, 0.05) is 11.6 Å². The Hall–Kier alpha value is -0.670. The summed E-state index contributed by atoms with van der Waals surface area (Å²) in [5, 5.41) is 0.403. The summed E-state index contributed by atoms with van der Waals surface area (Å²) in [7, 11) is 0. The molecule has 0 bridgehead atoms. The molecule has 2 nitrogen and oxygen atoms in total. The van der Waals surface area contributed by atoms with Gasteiger partial charge < -0.3 is 10.5 Å². The lowest BCUT2D eigenvalue weighted by Crippen LogP contribution is -2.33. The first-order chi connectivity index (χ1) is 7.33. The van der Waals surface area contributed by atoms with Crippen LogP contribution in [0.1, 0.15) is 24.9 Å². The highest BCUT2D eigenvalue weighted by Crippen LogP contribution is 2.35. The van der Waals surface area contributed by atoms with Gasteiger partial charge in [-0.15, -0.1) is 0 Å². The normalized spacial score (nSPS) is 24.4. The van der Waals surface area contributed by atoms with Crippen molar-refractivity contribution in [2.24, 2.45) is 5.73 Å². The molecule has 1 aromatic carbocycles. The first-order valence-corrected chi connectivity index (χ1v) is 6.46. The second kappa shape index (κ2) is 4.90. The summed E-state index contributed by atoms with van der Waals surface area (Å²) < 4.78 is 5.70. The largest absolute Gasteiger partial charge is 0.492 e. The second-order valence-corrected chi connectivity index (χ2v) is 5.13. The summed E-state index contributed by atoms with van der Waals surface area (Å²) in [5.74, 6) is 2.11. The number of para-hydroxylation sites is 1. The van der Waals surface area contributed by atoms with E-state index in [1.54, 1.807) is 0 Å². The van der Waals surface area contributed by atoms with Gasteiger partial charge in [-0.2, -0.15) is 11.8 Å². The van der Waals surface area contributed by atoms with Gasteiger partial charge in [0.05, 0.1) is 5.25 Å². The molecule has 82 valence electrons. The Labute approximate surface area is 95.2 Å². The van der Waals surface area contributed by atoms with Gasteiger partial charge in [0.2, 0.25) is 0 Å². The van der Waals surface area contributed by atoms with E-state index in [2.05, 4.69) is 13.0 Å². The number of hydrogen-bond acceptors (Lipinski definition) is 3. The first-order valence-electron chi connectivity index (χ1n) is 5.42. The van der Waals surface area contributed by atoms with Crippen molar-refractivity contribution in [3.05, 3.63) is 29.8 Å². The third kappa shape index (κ3) is 2.29. The predicted octanol–water partition coefficient (Wildman–Crippen LogP) is 2.59. The lowest BCUT2D eigenvalue weighted by molar-refractivity contribution is 0.276. The molecule has 3 heteroatoms. The molecule has 0 spiro atoms. The van der Waals surface area contributed by atoms with Gasteiger partial charge in [0.25, 0.3) is 0 Å². The molecule has 0 aliphatic carbocycles. The predicted molar refractivity (Wildman–Crippen MR) is 65.4 cm³/mol. The zero-order valence-electron chi connectivity index (χ0n) is 8.98. The summed E-state index contributed by atoms with van der Waals surface area (Å²) in [4.78, 5) is 0. The van der Waals surface area contributed by atoms with Crippen LogP contribution in [0, 0.1) is 0 Å². The van der Waals surface area contributed by atoms with Gasteiger partial charge in [0.1, 0.15) is 12.4 Å². The van der Waals surface area contributed by atoms with Crippen molar-refractivity contribution in [1.82, 2.24) is 0 Å². The molecular weight excluding hydrogens is 206 g/mol. The molecule has 2 rings (SSSR count).